The number of anilines is 1. The minimum Gasteiger partial charge on any atom is -0.357 e. The molecule has 1 fully saturated rings. The Bertz CT molecular complexity index is 373. The van der Waals surface area contributed by atoms with E-state index in [2.05, 4.69) is 15.0 Å². The van der Waals surface area contributed by atoms with Crippen LogP contribution in [0.2, 0.25) is 0 Å². The molecule has 2 heterocycles. The first-order valence-electron chi connectivity index (χ1n) is 5.70. The van der Waals surface area contributed by atoms with E-state index >= 15 is 0 Å². The lowest BCUT2D eigenvalue weighted by atomic mass is 10.4. The van der Waals surface area contributed by atoms with E-state index in [0.29, 0.717) is 0 Å². The number of rotatable bonds is 1. The van der Waals surface area contributed by atoms with Crippen molar-refractivity contribution in [1.29, 1.82) is 0 Å². The summed E-state index contributed by atoms with van der Waals surface area (Å²) in [6, 6.07) is 2.03. The largest absolute Gasteiger partial charge is 0.357 e. The van der Waals surface area contributed by atoms with Gasteiger partial charge in [0, 0.05) is 32.5 Å². The van der Waals surface area contributed by atoms with E-state index in [0.717, 1.165) is 24.5 Å². The van der Waals surface area contributed by atoms with Crippen LogP contribution in [0.25, 0.3) is 0 Å². The Morgan fingerprint density at radius 1 is 1.19 bits per heavy atom. The van der Waals surface area contributed by atoms with Crippen molar-refractivity contribution in [2.24, 2.45) is 7.05 Å². The number of aryl methyl sites for hydroxylation is 2. The highest BCUT2D eigenvalue weighted by molar-refractivity contribution is 5.37. The SMILES string of the molecule is Cc1cnc(N2CCCC2)ccn(C)nc1. The summed E-state index contributed by atoms with van der Waals surface area (Å²) in [4.78, 5) is 6.84. The van der Waals surface area contributed by atoms with Gasteiger partial charge in [0.1, 0.15) is 5.82 Å². The highest BCUT2D eigenvalue weighted by Crippen LogP contribution is 2.15. The molecule has 2 rings (SSSR count). The summed E-state index contributed by atoms with van der Waals surface area (Å²) in [6.45, 7) is 4.23. The molecule has 0 radical (unpaired) electrons. The molecular weight excluding hydrogens is 200 g/mol. The van der Waals surface area contributed by atoms with Gasteiger partial charge in [-0.25, -0.2) is 4.98 Å². The van der Waals surface area contributed by atoms with Crippen LogP contribution in [0, 0.1) is 6.92 Å². The van der Waals surface area contributed by atoms with Crippen molar-refractivity contribution in [1.82, 2.24) is 14.8 Å². The highest BCUT2D eigenvalue weighted by atomic mass is 15.2. The van der Waals surface area contributed by atoms with Gasteiger partial charge in [-0.1, -0.05) is 0 Å². The van der Waals surface area contributed by atoms with Gasteiger partial charge in [0.05, 0.1) is 6.20 Å². The Hall–Kier alpha value is -1.58. The monoisotopic (exact) mass is 218 g/mol. The topological polar surface area (TPSA) is 34.0 Å². The van der Waals surface area contributed by atoms with Gasteiger partial charge in [-0.2, -0.15) is 5.10 Å². The van der Waals surface area contributed by atoms with Crippen molar-refractivity contribution in [3.05, 3.63) is 30.2 Å². The van der Waals surface area contributed by atoms with E-state index in [-0.39, 0.29) is 0 Å². The maximum Gasteiger partial charge on any atom is 0.130 e. The van der Waals surface area contributed by atoms with E-state index < -0.39 is 0 Å². The summed E-state index contributed by atoms with van der Waals surface area (Å²) >= 11 is 0. The van der Waals surface area contributed by atoms with Crippen molar-refractivity contribution < 1.29 is 0 Å². The predicted molar refractivity (Wildman–Crippen MR) is 64.8 cm³/mol. The van der Waals surface area contributed by atoms with Gasteiger partial charge in [0.2, 0.25) is 0 Å². The molecule has 0 bridgehead atoms. The molecule has 1 saturated heterocycles. The minimum atomic E-state index is 1.04. The molecular formula is C12H18N4. The van der Waals surface area contributed by atoms with Gasteiger partial charge < -0.3 is 4.90 Å². The van der Waals surface area contributed by atoms with Crippen LogP contribution >= 0.6 is 0 Å². The Labute approximate surface area is 96.2 Å². The molecule has 0 atom stereocenters. The molecule has 4 heteroatoms. The fraction of sp³-hybridized carbons (Fsp3) is 0.500. The third-order valence-electron chi connectivity index (χ3n) is 2.71. The first-order chi connectivity index (χ1) is 7.75. The molecule has 0 saturated carbocycles. The van der Waals surface area contributed by atoms with Gasteiger partial charge in [-0.3, -0.25) is 4.68 Å². The summed E-state index contributed by atoms with van der Waals surface area (Å²) in [5, 5.41) is 4.25. The van der Waals surface area contributed by atoms with Crippen LogP contribution < -0.4 is 4.90 Å². The molecule has 0 amide bonds. The molecule has 16 heavy (non-hydrogen) atoms. The van der Waals surface area contributed by atoms with E-state index in [1.807, 2.05) is 38.6 Å². The number of nitrogens with zero attached hydrogens (tertiary/aromatic N) is 4. The second kappa shape index (κ2) is 4.96. The van der Waals surface area contributed by atoms with Gasteiger partial charge in [-0.15, -0.1) is 0 Å². The standard InChI is InChI=1S/C12H18N4/c1-11-9-13-12(16-6-3-4-7-16)5-8-15(2)14-10-11/h5,8-10H,3-4,6-7H2,1-2H3. The summed E-state index contributed by atoms with van der Waals surface area (Å²) in [5.41, 5.74) is 1.06. The molecule has 4 nitrogen and oxygen atoms in total. The van der Waals surface area contributed by atoms with Gasteiger partial charge in [-0.05, 0) is 31.4 Å². The first-order valence-corrected chi connectivity index (χ1v) is 5.70. The maximum atomic E-state index is 4.52. The number of aromatic nitrogens is 3. The average molecular weight is 218 g/mol. The third-order valence-corrected chi connectivity index (χ3v) is 2.71. The van der Waals surface area contributed by atoms with Crippen LogP contribution in [0.15, 0.2) is 24.7 Å². The zero-order chi connectivity index (χ0) is 11.4. The molecule has 86 valence electrons. The molecule has 0 aromatic carbocycles. The lowest BCUT2D eigenvalue weighted by Gasteiger charge is -2.14. The first kappa shape index (κ1) is 10.9. The quantitative estimate of drug-likeness (QED) is 0.721. The lowest BCUT2D eigenvalue weighted by Crippen LogP contribution is -2.18. The highest BCUT2D eigenvalue weighted by Gasteiger charge is 2.11. The van der Waals surface area contributed by atoms with Crippen molar-refractivity contribution in [3.63, 3.8) is 0 Å². The second-order valence-electron chi connectivity index (χ2n) is 4.19. The Morgan fingerprint density at radius 3 is 2.69 bits per heavy atom. The maximum absolute atomic E-state index is 4.52. The van der Waals surface area contributed by atoms with Crippen molar-refractivity contribution in [2.45, 2.75) is 19.8 Å². The van der Waals surface area contributed by atoms with Crippen molar-refractivity contribution in [2.75, 3.05) is 18.0 Å². The average Bonchev–Trinajstić information content (AvgIpc) is 2.79. The van der Waals surface area contributed by atoms with Gasteiger partial charge in [0.25, 0.3) is 0 Å². The van der Waals surface area contributed by atoms with E-state index in [1.165, 1.54) is 12.8 Å². The van der Waals surface area contributed by atoms with Crippen molar-refractivity contribution in [3.8, 4) is 0 Å². The van der Waals surface area contributed by atoms with E-state index in [9.17, 15) is 0 Å². The zero-order valence-corrected chi connectivity index (χ0v) is 9.93. The smallest absolute Gasteiger partial charge is 0.130 e. The van der Waals surface area contributed by atoms with Crippen LogP contribution in [0.3, 0.4) is 0 Å². The van der Waals surface area contributed by atoms with Crippen LogP contribution in [0.1, 0.15) is 18.4 Å². The Morgan fingerprint density at radius 2 is 1.94 bits per heavy atom. The van der Waals surface area contributed by atoms with E-state index in [1.54, 1.807) is 4.68 Å². The van der Waals surface area contributed by atoms with Crippen LogP contribution in [0.5, 0.6) is 0 Å². The minimum absolute atomic E-state index is 1.04. The fourth-order valence-corrected chi connectivity index (χ4v) is 1.77. The summed E-state index contributed by atoms with van der Waals surface area (Å²) < 4.78 is 1.80. The molecule has 1 aliphatic heterocycles. The Kier molecular flexibility index (Phi) is 3.39. The van der Waals surface area contributed by atoms with Gasteiger partial charge in [0.15, 0.2) is 0 Å². The lowest BCUT2D eigenvalue weighted by molar-refractivity contribution is 0.744. The molecule has 0 spiro atoms. The normalized spacial score (nSPS) is 15.0. The summed E-state index contributed by atoms with van der Waals surface area (Å²) in [6.07, 6.45) is 8.17. The van der Waals surface area contributed by atoms with E-state index in [4.69, 9.17) is 0 Å². The fourth-order valence-electron chi connectivity index (χ4n) is 1.77. The van der Waals surface area contributed by atoms with Gasteiger partial charge >= 0.3 is 0 Å². The summed E-state index contributed by atoms with van der Waals surface area (Å²) in [7, 11) is 1.92. The predicted octanol–water partition coefficient (Wildman–Crippen LogP) is 1.85. The summed E-state index contributed by atoms with van der Waals surface area (Å²) in [5.74, 6) is 1.04. The van der Waals surface area contributed by atoms with Crippen LogP contribution in [-0.4, -0.2) is 27.9 Å². The molecule has 0 N–H and O–H groups in total. The second-order valence-corrected chi connectivity index (χ2v) is 4.19. The number of hydrogen-bond donors (Lipinski definition) is 0. The molecule has 1 aromatic heterocycles. The zero-order valence-electron chi connectivity index (χ0n) is 9.93. The molecule has 1 aromatic rings. The molecule has 0 unspecified atom stereocenters. The third kappa shape index (κ3) is 2.72. The van der Waals surface area contributed by atoms with Crippen LogP contribution in [-0.2, 0) is 7.05 Å². The molecule has 0 aliphatic carbocycles. The number of hydrogen-bond acceptors (Lipinski definition) is 3. The Balaban J connectivity index is 2.41. The molecule has 1 aliphatic rings. The van der Waals surface area contributed by atoms with Crippen molar-refractivity contribution >= 4 is 5.82 Å². The van der Waals surface area contributed by atoms with Crippen LogP contribution in [0.4, 0.5) is 5.82 Å².